The van der Waals surface area contributed by atoms with Crippen LogP contribution in [0.5, 0.6) is 0 Å². The zero-order valence-corrected chi connectivity index (χ0v) is 13.1. The maximum absolute atomic E-state index is 13.2. The number of hydrogen-bond acceptors (Lipinski definition) is 3. The molecule has 0 heterocycles. The minimum atomic E-state index is -1.05. The van der Waals surface area contributed by atoms with E-state index in [4.69, 9.17) is 11.0 Å². The number of amides is 2. The molecule has 0 saturated heterocycles. The largest absolute Gasteiger partial charge is 0.368 e. The summed E-state index contributed by atoms with van der Waals surface area (Å²) in [5.41, 5.74) is 6.67. The van der Waals surface area contributed by atoms with Crippen molar-refractivity contribution in [3.63, 3.8) is 0 Å². The Labute approximate surface area is 143 Å². The van der Waals surface area contributed by atoms with Crippen LogP contribution >= 0.6 is 0 Å². The number of carbonyl (C=O) groups is 2. The molecule has 0 aliphatic carbocycles. The van der Waals surface area contributed by atoms with Crippen molar-refractivity contribution in [2.45, 2.75) is 18.9 Å². The molecule has 2 amide bonds. The van der Waals surface area contributed by atoms with Crippen LogP contribution in [0.3, 0.4) is 0 Å². The van der Waals surface area contributed by atoms with Gasteiger partial charge < -0.3 is 11.1 Å². The lowest BCUT2D eigenvalue weighted by molar-refractivity contribution is -0.127. The lowest BCUT2D eigenvalue weighted by Crippen LogP contribution is -2.46. The molecule has 0 saturated carbocycles. The van der Waals surface area contributed by atoms with E-state index in [1.165, 1.54) is 6.07 Å². The van der Waals surface area contributed by atoms with Crippen molar-refractivity contribution in [1.29, 1.82) is 5.26 Å². The molecule has 5 nitrogen and oxygen atoms in total. The molecule has 25 heavy (non-hydrogen) atoms. The van der Waals surface area contributed by atoms with Crippen molar-refractivity contribution >= 4 is 11.8 Å². The van der Waals surface area contributed by atoms with Gasteiger partial charge in [-0.1, -0.05) is 18.2 Å². The van der Waals surface area contributed by atoms with Crippen molar-refractivity contribution in [2.24, 2.45) is 5.73 Å². The molecule has 0 unspecified atom stereocenters. The highest BCUT2D eigenvalue weighted by molar-refractivity contribution is 5.87. The molecule has 0 spiro atoms. The third-order valence-electron chi connectivity index (χ3n) is 3.52. The smallest absolute Gasteiger partial charge is 0.240 e. The topological polar surface area (TPSA) is 96.0 Å². The van der Waals surface area contributed by atoms with Gasteiger partial charge >= 0.3 is 0 Å². The third-order valence-corrected chi connectivity index (χ3v) is 3.52. The highest BCUT2D eigenvalue weighted by Crippen LogP contribution is 2.10. The number of nitrogens with zero attached hydrogens (tertiary/aromatic N) is 1. The van der Waals surface area contributed by atoms with Crippen LogP contribution in [0.2, 0.25) is 0 Å². The van der Waals surface area contributed by atoms with Gasteiger partial charge in [0.05, 0.1) is 18.1 Å². The Kier molecular flexibility index (Phi) is 5.79. The van der Waals surface area contributed by atoms with Gasteiger partial charge in [-0.05, 0) is 35.4 Å². The maximum atomic E-state index is 13.2. The van der Waals surface area contributed by atoms with Gasteiger partial charge in [0, 0.05) is 6.42 Å². The van der Waals surface area contributed by atoms with Gasteiger partial charge in [-0.3, -0.25) is 9.59 Å². The molecule has 0 aliphatic rings. The standard InChI is InChI=1S/C18H15F2N3O2/c19-14-5-4-12(7-15(14)20)9-17(24)23-16(18(22)25)8-11-2-1-3-13(6-11)10-21/h1-7,16H,8-9H2,(H2,22,25)(H,23,24)/t16-/m1/s1. The summed E-state index contributed by atoms with van der Waals surface area (Å²) in [5, 5.41) is 11.4. The average molecular weight is 343 g/mol. The Hall–Kier alpha value is -3.27. The molecule has 7 heteroatoms. The summed E-state index contributed by atoms with van der Waals surface area (Å²) in [7, 11) is 0. The molecule has 0 aromatic heterocycles. The average Bonchev–Trinajstić information content (AvgIpc) is 2.57. The predicted molar refractivity (Wildman–Crippen MR) is 86.0 cm³/mol. The van der Waals surface area contributed by atoms with E-state index >= 15 is 0 Å². The highest BCUT2D eigenvalue weighted by atomic mass is 19.2. The molecular weight excluding hydrogens is 328 g/mol. The van der Waals surface area contributed by atoms with E-state index in [0.29, 0.717) is 11.1 Å². The summed E-state index contributed by atoms with van der Waals surface area (Å²) in [5.74, 6) is -3.34. The first-order valence-corrected chi connectivity index (χ1v) is 7.40. The summed E-state index contributed by atoms with van der Waals surface area (Å²) in [4.78, 5) is 23.6. The first kappa shape index (κ1) is 18.1. The zero-order valence-electron chi connectivity index (χ0n) is 13.1. The fraction of sp³-hybridized carbons (Fsp3) is 0.167. The molecule has 0 radical (unpaired) electrons. The Balaban J connectivity index is 2.05. The van der Waals surface area contributed by atoms with E-state index in [-0.39, 0.29) is 18.4 Å². The van der Waals surface area contributed by atoms with Crippen molar-refractivity contribution in [1.82, 2.24) is 5.32 Å². The number of nitrogens with one attached hydrogen (secondary N) is 1. The van der Waals surface area contributed by atoms with E-state index in [1.807, 2.05) is 6.07 Å². The number of nitriles is 1. The lowest BCUT2D eigenvalue weighted by Gasteiger charge is -2.16. The van der Waals surface area contributed by atoms with Crippen LogP contribution in [0.4, 0.5) is 8.78 Å². The minimum absolute atomic E-state index is 0.119. The monoisotopic (exact) mass is 343 g/mol. The second kappa shape index (κ2) is 8.02. The van der Waals surface area contributed by atoms with E-state index in [9.17, 15) is 18.4 Å². The fourth-order valence-electron chi connectivity index (χ4n) is 2.31. The van der Waals surface area contributed by atoms with Gasteiger partial charge in [-0.15, -0.1) is 0 Å². The molecular formula is C18H15F2N3O2. The number of benzene rings is 2. The van der Waals surface area contributed by atoms with Gasteiger partial charge in [0.2, 0.25) is 11.8 Å². The number of rotatable bonds is 6. The summed E-state index contributed by atoms with van der Waals surface area (Å²) >= 11 is 0. The first-order valence-electron chi connectivity index (χ1n) is 7.40. The van der Waals surface area contributed by atoms with E-state index in [1.54, 1.807) is 24.3 Å². The summed E-state index contributed by atoms with van der Waals surface area (Å²) in [6, 6.07) is 10.7. The fourth-order valence-corrected chi connectivity index (χ4v) is 2.31. The molecule has 0 fully saturated rings. The molecule has 0 aliphatic heterocycles. The molecule has 0 bridgehead atoms. The van der Waals surface area contributed by atoms with Gasteiger partial charge in [-0.2, -0.15) is 5.26 Å². The second-order valence-corrected chi connectivity index (χ2v) is 5.46. The Bertz CT molecular complexity index is 846. The maximum Gasteiger partial charge on any atom is 0.240 e. The number of nitrogens with two attached hydrogens (primary N) is 1. The quantitative estimate of drug-likeness (QED) is 0.834. The number of carbonyl (C=O) groups excluding carboxylic acids is 2. The summed E-state index contributed by atoms with van der Waals surface area (Å²) < 4.78 is 26.1. The number of primary amides is 1. The van der Waals surface area contributed by atoms with Gasteiger partial charge in [0.25, 0.3) is 0 Å². The third kappa shape index (κ3) is 5.11. The second-order valence-electron chi connectivity index (χ2n) is 5.46. The first-order chi connectivity index (χ1) is 11.9. The Morgan fingerprint density at radius 2 is 1.88 bits per heavy atom. The van der Waals surface area contributed by atoms with Gasteiger partial charge in [0.1, 0.15) is 6.04 Å². The highest BCUT2D eigenvalue weighted by Gasteiger charge is 2.19. The predicted octanol–water partition coefficient (Wildman–Crippen LogP) is 1.59. The minimum Gasteiger partial charge on any atom is -0.368 e. The van der Waals surface area contributed by atoms with Crippen LogP contribution in [0.15, 0.2) is 42.5 Å². The van der Waals surface area contributed by atoms with E-state index < -0.39 is 29.5 Å². The molecule has 3 N–H and O–H groups in total. The van der Waals surface area contributed by atoms with Crippen molar-refractivity contribution in [3.05, 3.63) is 70.8 Å². The number of hydrogen-bond donors (Lipinski definition) is 2. The van der Waals surface area contributed by atoms with Crippen LogP contribution < -0.4 is 11.1 Å². The van der Waals surface area contributed by atoms with Crippen molar-refractivity contribution < 1.29 is 18.4 Å². The lowest BCUT2D eigenvalue weighted by atomic mass is 10.0. The van der Waals surface area contributed by atoms with Crippen molar-refractivity contribution in [2.75, 3.05) is 0 Å². The van der Waals surface area contributed by atoms with Crippen LogP contribution in [-0.2, 0) is 22.4 Å². The van der Waals surface area contributed by atoms with Crippen molar-refractivity contribution in [3.8, 4) is 6.07 Å². The SMILES string of the molecule is N#Cc1cccc(C[C@@H](NC(=O)Cc2ccc(F)c(F)c2)C(N)=O)c1. The molecule has 2 aromatic carbocycles. The van der Waals surface area contributed by atoms with Gasteiger partial charge in [-0.25, -0.2) is 8.78 Å². The molecule has 1 atom stereocenters. The molecule has 128 valence electrons. The zero-order chi connectivity index (χ0) is 18.4. The normalized spacial score (nSPS) is 11.4. The summed E-state index contributed by atoms with van der Waals surface area (Å²) in [6.45, 7) is 0. The van der Waals surface area contributed by atoms with Crippen LogP contribution in [0.25, 0.3) is 0 Å². The summed E-state index contributed by atoms with van der Waals surface area (Å²) in [6.07, 6.45) is -0.104. The Morgan fingerprint density at radius 1 is 1.12 bits per heavy atom. The van der Waals surface area contributed by atoms with Crippen LogP contribution in [0.1, 0.15) is 16.7 Å². The van der Waals surface area contributed by atoms with E-state index in [2.05, 4.69) is 5.32 Å². The van der Waals surface area contributed by atoms with E-state index in [0.717, 1.165) is 12.1 Å². The Morgan fingerprint density at radius 3 is 2.52 bits per heavy atom. The van der Waals surface area contributed by atoms with Crippen LogP contribution in [0, 0.1) is 23.0 Å². The van der Waals surface area contributed by atoms with Gasteiger partial charge in [0.15, 0.2) is 11.6 Å². The molecule has 2 aromatic rings. The van der Waals surface area contributed by atoms with Crippen LogP contribution in [-0.4, -0.2) is 17.9 Å². The molecule has 2 rings (SSSR count). The number of halogens is 2.